The van der Waals surface area contributed by atoms with Gasteiger partial charge in [-0.15, -0.1) is 0 Å². The molecule has 0 fully saturated rings. The van der Waals surface area contributed by atoms with Gasteiger partial charge in [-0.2, -0.15) is 0 Å². The maximum Gasteiger partial charge on any atom is 0.338 e. The molecule has 0 aliphatic carbocycles. The summed E-state index contributed by atoms with van der Waals surface area (Å²) in [6, 6.07) is 3.04. The number of aromatic nitrogens is 1. The summed E-state index contributed by atoms with van der Waals surface area (Å²) >= 11 is 5.66. The van der Waals surface area contributed by atoms with Crippen molar-refractivity contribution in [2.24, 2.45) is 0 Å². The van der Waals surface area contributed by atoms with Crippen LogP contribution in [0.2, 0.25) is 5.15 Å². The summed E-state index contributed by atoms with van der Waals surface area (Å²) in [6.45, 7) is 2.24. The Bertz CT molecular complexity index is 357. The molecule has 0 aliphatic rings. The maximum atomic E-state index is 11.5. The van der Waals surface area contributed by atoms with Gasteiger partial charge >= 0.3 is 5.97 Å². The Hall–Kier alpha value is -1.13. The smallest absolute Gasteiger partial charge is 0.338 e. The lowest BCUT2D eigenvalue weighted by Crippen LogP contribution is -2.12. The summed E-state index contributed by atoms with van der Waals surface area (Å²) in [6.07, 6.45) is 2.21. The van der Waals surface area contributed by atoms with E-state index >= 15 is 0 Å². The number of ether oxygens (including phenoxy) is 2. The molecule has 0 spiro atoms. The Morgan fingerprint density at radius 3 is 3.00 bits per heavy atom. The zero-order valence-electron chi connectivity index (χ0n) is 9.27. The van der Waals surface area contributed by atoms with Gasteiger partial charge < -0.3 is 9.47 Å². The van der Waals surface area contributed by atoms with Crippen molar-refractivity contribution in [3.8, 4) is 0 Å². The molecule has 0 saturated heterocycles. The summed E-state index contributed by atoms with van der Waals surface area (Å²) in [5.74, 6) is -0.396. The van der Waals surface area contributed by atoms with Crippen molar-refractivity contribution in [2.75, 3.05) is 13.7 Å². The number of carbonyl (C=O) groups excluding carboxylic acids is 1. The van der Waals surface area contributed by atoms with Crippen LogP contribution in [-0.4, -0.2) is 30.8 Å². The highest BCUT2D eigenvalue weighted by molar-refractivity contribution is 6.29. The normalized spacial score (nSPS) is 12.2. The number of hydrogen-bond acceptors (Lipinski definition) is 4. The molecule has 4 nitrogen and oxygen atoms in total. The van der Waals surface area contributed by atoms with Gasteiger partial charge in [-0.25, -0.2) is 9.78 Å². The third-order valence-corrected chi connectivity index (χ3v) is 2.33. The zero-order chi connectivity index (χ0) is 12.0. The molecule has 0 N–H and O–H groups in total. The summed E-state index contributed by atoms with van der Waals surface area (Å²) in [7, 11) is 1.62. The largest absolute Gasteiger partial charge is 0.462 e. The van der Waals surface area contributed by atoms with E-state index in [0.717, 1.165) is 0 Å². The molecular formula is C11H14ClNO3. The van der Waals surface area contributed by atoms with Gasteiger partial charge in [0.25, 0.3) is 0 Å². The van der Waals surface area contributed by atoms with Crippen LogP contribution in [0.1, 0.15) is 23.7 Å². The first-order valence-corrected chi connectivity index (χ1v) is 5.32. The Balaban J connectivity index is 2.41. The highest BCUT2D eigenvalue weighted by Gasteiger charge is 2.08. The fourth-order valence-electron chi connectivity index (χ4n) is 1.05. The molecule has 1 atom stereocenters. The fourth-order valence-corrected chi connectivity index (χ4v) is 1.22. The van der Waals surface area contributed by atoms with Crippen LogP contribution in [0, 0.1) is 0 Å². The summed E-state index contributed by atoms with van der Waals surface area (Å²) in [4.78, 5) is 15.3. The molecule has 0 saturated carbocycles. The number of carbonyl (C=O) groups is 1. The van der Waals surface area contributed by atoms with E-state index < -0.39 is 5.97 Å². The van der Waals surface area contributed by atoms with Crippen molar-refractivity contribution in [1.29, 1.82) is 0 Å². The molecule has 88 valence electrons. The molecule has 1 rings (SSSR count). The van der Waals surface area contributed by atoms with Crippen LogP contribution in [0.3, 0.4) is 0 Å². The molecule has 1 aromatic heterocycles. The fraction of sp³-hybridized carbons (Fsp3) is 0.455. The van der Waals surface area contributed by atoms with E-state index in [-0.39, 0.29) is 11.3 Å². The van der Waals surface area contributed by atoms with Crippen molar-refractivity contribution < 1.29 is 14.3 Å². The van der Waals surface area contributed by atoms with Gasteiger partial charge in [-0.3, -0.25) is 0 Å². The van der Waals surface area contributed by atoms with Gasteiger partial charge in [0.2, 0.25) is 0 Å². The van der Waals surface area contributed by atoms with Crippen LogP contribution in [0.5, 0.6) is 0 Å². The SMILES string of the molecule is COC(C)CCOC(=O)c1ccnc(Cl)c1. The second-order valence-electron chi connectivity index (χ2n) is 3.34. The van der Waals surface area contributed by atoms with E-state index in [4.69, 9.17) is 21.1 Å². The second kappa shape index (κ2) is 6.45. The van der Waals surface area contributed by atoms with Crippen molar-refractivity contribution in [1.82, 2.24) is 4.98 Å². The third kappa shape index (κ3) is 4.16. The molecule has 5 heteroatoms. The van der Waals surface area contributed by atoms with Crippen LogP contribution >= 0.6 is 11.6 Å². The minimum atomic E-state index is -0.396. The van der Waals surface area contributed by atoms with Crippen LogP contribution in [0.4, 0.5) is 0 Å². The number of methoxy groups -OCH3 is 1. The summed E-state index contributed by atoms with van der Waals surface area (Å²) in [5.41, 5.74) is 0.407. The van der Waals surface area contributed by atoms with Gasteiger partial charge in [-0.1, -0.05) is 11.6 Å². The number of halogens is 1. The number of pyridine rings is 1. The molecule has 16 heavy (non-hydrogen) atoms. The molecule has 0 amide bonds. The lowest BCUT2D eigenvalue weighted by atomic mass is 10.3. The first-order valence-electron chi connectivity index (χ1n) is 4.95. The van der Waals surface area contributed by atoms with E-state index in [0.29, 0.717) is 18.6 Å². The van der Waals surface area contributed by atoms with Gasteiger partial charge in [0.1, 0.15) is 5.15 Å². The average Bonchev–Trinajstić information content (AvgIpc) is 2.28. The van der Waals surface area contributed by atoms with Crippen LogP contribution in [0.25, 0.3) is 0 Å². The first-order chi connectivity index (χ1) is 7.63. The van der Waals surface area contributed by atoms with Crippen molar-refractivity contribution in [3.63, 3.8) is 0 Å². The quantitative estimate of drug-likeness (QED) is 0.588. The minimum Gasteiger partial charge on any atom is -0.462 e. The average molecular weight is 244 g/mol. The minimum absolute atomic E-state index is 0.0776. The molecule has 0 radical (unpaired) electrons. The van der Waals surface area contributed by atoms with Gasteiger partial charge in [-0.05, 0) is 19.1 Å². The van der Waals surface area contributed by atoms with Crippen molar-refractivity contribution in [3.05, 3.63) is 29.0 Å². The van der Waals surface area contributed by atoms with E-state index in [1.54, 1.807) is 13.2 Å². The highest BCUT2D eigenvalue weighted by Crippen LogP contribution is 2.08. The van der Waals surface area contributed by atoms with E-state index in [2.05, 4.69) is 4.98 Å². The maximum absolute atomic E-state index is 11.5. The predicted molar refractivity (Wildman–Crippen MR) is 60.6 cm³/mol. The molecule has 0 bridgehead atoms. The van der Waals surface area contributed by atoms with Crippen molar-refractivity contribution in [2.45, 2.75) is 19.4 Å². The number of nitrogens with zero attached hydrogens (tertiary/aromatic N) is 1. The summed E-state index contributed by atoms with van der Waals surface area (Å²) in [5, 5.41) is 0.278. The number of rotatable bonds is 5. The molecule has 1 heterocycles. The standard InChI is InChI=1S/C11H14ClNO3/c1-8(15-2)4-6-16-11(14)9-3-5-13-10(12)7-9/h3,5,7-8H,4,6H2,1-2H3. The lowest BCUT2D eigenvalue weighted by molar-refractivity contribution is 0.0390. The Kier molecular flexibility index (Phi) is 5.22. The second-order valence-corrected chi connectivity index (χ2v) is 3.73. The first kappa shape index (κ1) is 12.9. The van der Waals surface area contributed by atoms with Gasteiger partial charge in [0.15, 0.2) is 0 Å². The molecular weight excluding hydrogens is 230 g/mol. The number of hydrogen-bond donors (Lipinski definition) is 0. The van der Waals surface area contributed by atoms with E-state index in [9.17, 15) is 4.79 Å². The monoisotopic (exact) mass is 243 g/mol. The van der Waals surface area contributed by atoms with Crippen LogP contribution in [0.15, 0.2) is 18.3 Å². The summed E-state index contributed by atoms with van der Waals surface area (Å²) < 4.78 is 10.1. The van der Waals surface area contributed by atoms with Crippen LogP contribution < -0.4 is 0 Å². The molecule has 0 aliphatic heterocycles. The zero-order valence-corrected chi connectivity index (χ0v) is 10.0. The van der Waals surface area contributed by atoms with Crippen LogP contribution in [-0.2, 0) is 9.47 Å². The van der Waals surface area contributed by atoms with E-state index in [1.807, 2.05) is 6.92 Å². The molecule has 1 aromatic rings. The van der Waals surface area contributed by atoms with Gasteiger partial charge in [0, 0.05) is 19.7 Å². The Morgan fingerprint density at radius 2 is 2.38 bits per heavy atom. The van der Waals surface area contributed by atoms with Crippen molar-refractivity contribution >= 4 is 17.6 Å². The Labute approximate surface area is 99.5 Å². The predicted octanol–water partition coefficient (Wildman–Crippen LogP) is 2.32. The third-order valence-electron chi connectivity index (χ3n) is 2.12. The lowest BCUT2D eigenvalue weighted by Gasteiger charge is -2.09. The topological polar surface area (TPSA) is 48.4 Å². The molecule has 0 aromatic carbocycles. The van der Waals surface area contributed by atoms with E-state index in [1.165, 1.54) is 12.3 Å². The highest BCUT2D eigenvalue weighted by atomic mass is 35.5. The Morgan fingerprint density at radius 1 is 1.62 bits per heavy atom. The number of esters is 1. The van der Waals surface area contributed by atoms with Gasteiger partial charge in [0.05, 0.1) is 18.3 Å². The molecule has 1 unspecified atom stereocenters.